The van der Waals surface area contributed by atoms with E-state index in [1.807, 2.05) is 30.3 Å². The van der Waals surface area contributed by atoms with E-state index in [9.17, 15) is 13.2 Å². The van der Waals surface area contributed by atoms with Gasteiger partial charge in [-0.15, -0.1) is 0 Å². The molecule has 0 aromatic heterocycles. The number of benzene rings is 2. The number of carbonyl (C=O) groups is 1. The predicted molar refractivity (Wildman–Crippen MR) is 87.3 cm³/mol. The third-order valence-electron chi connectivity index (χ3n) is 3.86. The highest BCUT2D eigenvalue weighted by Gasteiger charge is 2.36. The number of amides is 1. The van der Waals surface area contributed by atoms with Crippen LogP contribution in [0.2, 0.25) is 0 Å². The van der Waals surface area contributed by atoms with Crippen molar-refractivity contribution in [2.45, 2.75) is 17.4 Å². The van der Waals surface area contributed by atoms with Crippen molar-refractivity contribution in [3.05, 3.63) is 66.2 Å². The molecule has 0 unspecified atom stereocenters. The van der Waals surface area contributed by atoms with Gasteiger partial charge in [-0.3, -0.25) is 4.79 Å². The maximum Gasteiger partial charge on any atom is 0.266 e. The summed E-state index contributed by atoms with van der Waals surface area (Å²) in [6.07, 6.45) is 0.473. The maximum absolute atomic E-state index is 12.7. The summed E-state index contributed by atoms with van der Waals surface area (Å²) in [6.45, 7) is 0.608. The van der Waals surface area contributed by atoms with Crippen molar-refractivity contribution in [2.75, 3.05) is 13.1 Å². The molecule has 1 aliphatic heterocycles. The molecule has 1 atom stereocenters. The Kier molecular flexibility index (Phi) is 4.45. The van der Waals surface area contributed by atoms with Crippen molar-refractivity contribution in [1.29, 1.82) is 0 Å². The molecular weight excluding hydrogens is 312 g/mol. The molecular formula is C17H18N2O3S. The zero-order valence-corrected chi connectivity index (χ0v) is 13.4. The van der Waals surface area contributed by atoms with E-state index in [0.717, 1.165) is 9.87 Å². The highest BCUT2D eigenvalue weighted by Crippen LogP contribution is 2.19. The second-order valence-corrected chi connectivity index (χ2v) is 7.29. The van der Waals surface area contributed by atoms with Gasteiger partial charge in [0, 0.05) is 13.1 Å². The van der Waals surface area contributed by atoms with E-state index >= 15 is 0 Å². The van der Waals surface area contributed by atoms with Gasteiger partial charge < -0.3 is 5.32 Å². The number of carbonyl (C=O) groups excluding carboxylic acids is 1. The molecule has 1 N–H and O–H groups in total. The Hall–Kier alpha value is -2.18. The van der Waals surface area contributed by atoms with Gasteiger partial charge in [0.1, 0.15) is 0 Å². The van der Waals surface area contributed by atoms with E-state index in [-0.39, 0.29) is 11.4 Å². The van der Waals surface area contributed by atoms with E-state index < -0.39 is 22.0 Å². The lowest BCUT2D eigenvalue weighted by Crippen LogP contribution is -2.57. The van der Waals surface area contributed by atoms with Crippen molar-refractivity contribution in [3.63, 3.8) is 0 Å². The summed E-state index contributed by atoms with van der Waals surface area (Å²) in [5.74, 6) is -0.399. The minimum absolute atomic E-state index is 0.147. The summed E-state index contributed by atoms with van der Waals surface area (Å²) in [7, 11) is -3.79. The molecule has 2 aromatic rings. The number of hydrogen-bond acceptors (Lipinski definition) is 4. The summed E-state index contributed by atoms with van der Waals surface area (Å²) in [6, 6.07) is 17.1. The molecule has 1 saturated heterocycles. The molecule has 1 heterocycles. The van der Waals surface area contributed by atoms with Gasteiger partial charge in [-0.05, 0) is 24.1 Å². The minimum atomic E-state index is -3.79. The second kappa shape index (κ2) is 6.52. The van der Waals surface area contributed by atoms with Gasteiger partial charge in [0.05, 0.1) is 10.9 Å². The molecule has 3 rings (SSSR count). The SMILES string of the molecule is O=C1[C@H](Cc2ccccc2)NCCN1S(=O)(=O)c1ccccc1. The van der Waals surface area contributed by atoms with Gasteiger partial charge in [0.25, 0.3) is 15.9 Å². The zero-order valence-electron chi connectivity index (χ0n) is 12.6. The van der Waals surface area contributed by atoms with Crippen LogP contribution < -0.4 is 5.32 Å². The van der Waals surface area contributed by atoms with Crippen LogP contribution in [-0.2, 0) is 21.2 Å². The van der Waals surface area contributed by atoms with Crippen molar-refractivity contribution in [3.8, 4) is 0 Å². The van der Waals surface area contributed by atoms with Gasteiger partial charge in [-0.1, -0.05) is 48.5 Å². The number of nitrogens with zero attached hydrogens (tertiary/aromatic N) is 1. The topological polar surface area (TPSA) is 66.5 Å². The Morgan fingerprint density at radius 2 is 1.61 bits per heavy atom. The molecule has 0 saturated carbocycles. The smallest absolute Gasteiger partial charge is 0.266 e. The van der Waals surface area contributed by atoms with E-state index in [0.29, 0.717) is 13.0 Å². The molecule has 2 aromatic carbocycles. The van der Waals surface area contributed by atoms with Crippen LogP contribution in [0.3, 0.4) is 0 Å². The molecule has 0 spiro atoms. The van der Waals surface area contributed by atoms with Gasteiger partial charge in [-0.25, -0.2) is 12.7 Å². The molecule has 0 aliphatic carbocycles. The molecule has 1 fully saturated rings. The highest BCUT2D eigenvalue weighted by molar-refractivity contribution is 7.89. The third-order valence-corrected chi connectivity index (χ3v) is 5.67. The summed E-state index contributed by atoms with van der Waals surface area (Å²) >= 11 is 0. The number of piperazine rings is 1. The van der Waals surface area contributed by atoms with Gasteiger partial charge in [-0.2, -0.15) is 0 Å². The molecule has 0 radical (unpaired) electrons. The van der Waals surface area contributed by atoms with Crippen LogP contribution in [0.4, 0.5) is 0 Å². The molecule has 1 amide bonds. The number of sulfonamides is 1. The third kappa shape index (κ3) is 3.28. The van der Waals surface area contributed by atoms with Gasteiger partial charge in [0.15, 0.2) is 0 Å². The Balaban J connectivity index is 1.83. The normalized spacial score (nSPS) is 18.9. The summed E-state index contributed by atoms with van der Waals surface area (Å²) in [4.78, 5) is 12.8. The fraction of sp³-hybridized carbons (Fsp3) is 0.235. The van der Waals surface area contributed by atoms with Crippen LogP contribution in [0.5, 0.6) is 0 Å². The fourth-order valence-corrected chi connectivity index (χ4v) is 4.13. The van der Waals surface area contributed by atoms with Crippen LogP contribution in [0.15, 0.2) is 65.6 Å². The number of nitrogens with one attached hydrogen (secondary N) is 1. The quantitative estimate of drug-likeness (QED) is 0.921. The molecule has 0 bridgehead atoms. The average Bonchev–Trinajstić information content (AvgIpc) is 2.58. The summed E-state index contributed by atoms with van der Waals surface area (Å²) in [5.41, 5.74) is 0.998. The summed E-state index contributed by atoms with van der Waals surface area (Å²) in [5, 5.41) is 3.12. The number of rotatable bonds is 4. The Morgan fingerprint density at radius 3 is 2.26 bits per heavy atom. The fourth-order valence-electron chi connectivity index (χ4n) is 2.68. The van der Waals surface area contributed by atoms with Crippen LogP contribution in [0.25, 0.3) is 0 Å². The van der Waals surface area contributed by atoms with E-state index in [1.54, 1.807) is 18.2 Å². The average molecular weight is 330 g/mol. The lowest BCUT2D eigenvalue weighted by Gasteiger charge is -2.32. The minimum Gasteiger partial charge on any atom is -0.304 e. The molecule has 120 valence electrons. The lowest BCUT2D eigenvalue weighted by atomic mass is 10.0. The highest BCUT2D eigenvalue weighted by atomic mass is 32.2. The molecule has 5 nitrogen and oxygen atoms in total. The largest absolute Gasteiger partial charge is 0.304 e. The van der Waals surface area contributed by atoms with Gasteiger partial charge in [0.2, 0.25) is 0 Å². The monoisotopic (exact) mass is 330 g/mol. The molecule has 23 heavy (non-hydrogen) atoms. The van der Waals surface area contributed by atoms with Crippen molar-refractivity contribution in [2.24, 2.45) is 0 Å². The predicted octanol–water partition coefficient (Wildman–Crippen LogP) is 1.42. The van der Waals surface area contributed by atoms with Crippen LogP contribution in [0.1, 0.15) is 5.56 Å². The zero-order chi connectivity index (χ0) is 16.3. The first-order chi connectivity index (χ1) is 11.1. The van der Waals surface area contributed by atoms with Crippen molar-refractivity contribution >= 4 is 15.9 Å². The standard InChI is InChI=1S/C17H18N2O3S/c20-17-16(13-14-7-3-1-4-8-14)18-11-12-19(17)23(21,22)15-9-5-2-6-10-15/h1-10,16,18H,11-13H2/t16-/m0/s1. The Bertz CT molecular complexity index is 776. The van der Waals surface area contributed by atoms with Crippen molar-refractivity contribution < 1.29 is 13.2 Å². The Labute approximate surface area is 136 Å². The van der Waals surface area contributed by atoms with E-state index in [1.165, 1.54) is 12.1 Å². The van der Waals surface area contributed by atoms with Crippen LogP contribution in [-0.4, -0.2) is 37.8 Å². The van der Waals surface area contributed by atoms with Crippen molar-refractivity contribution in [1.82, 2.24) is 9.62 Å². The lowest BCUT2D eigenvalue weighted by molar-refractivity contribution is -0.130. The first kappa shape index (κ1) is 15.7. The molecule has 6 heteroatoms. The van der Waals surface area contributed by atoms with E-state index in [2.05, 4.69) is 5.32 Å². The van der Waals surface area contributed by atoms with Gasteiger partial charge >= 0.3 is 0 Å². The van der Waals surface area contributed by atoms with E-state index in [4.69, 9.17) is 0 Å². The second-order valence-electron chi connectivity index (χ2n) is 5.42. The van der Waals surface area contributed by atoms with Crippen LogP contribution >= 0.6 is 0 Å². The first-order valence-electron chi connectivity index (χ1n) is 7.48. The number of hydrogen-bond donors (Lipinski definition) is 1. The van der Waals surface area contributed by atoms with Crippen LogP contribution in [0, 0.1) is 0 Å². The Morgan fingerprint density at radius 1 is 1.00 bits per heavy atom. The first-order valence-corrected chi connectivity index (χ1v) is 8.92. The molecule has 1 aliphatic rings. The summed E-state index contributed by atoms with van der Waals surface area (Å²) < 4.78 is 26.3. The maximum atomic E-state index is 12.7.